The molecule has 4 rings (SSSR count). The van der Waals surface area contributed by atoms with Gasteiger partial charge in [0.1, 0.15) is 0 Å². The topological polar surface area (TPSA) is 12.5 Å². The SMILES string of the molecule is CC1(c2ccc(N(Cc3ccccc3)Cc3ccccc3)cc2)COC1. The van der Waals surface area contributed by atoms with E-state index in [-0.39, 0.29) is 5.41 Å². The van der Waals surface area contributed by atoms with Gasteiger partial charge in [-0.05, 0) is 28.8 Å². The molecule has 26 heavy (non-hydrogen) atoms. The van der Waals surface area contributed by atoms with Crippen molar-refractivity contribution in [3.8, 4) is 0 Å². The van der Waals surface area contributed by atoms with E-state index in [0.29, 0.717) is 0 Å². The van der Waals surface area contributed by atoms with E-state index in [1.165, 1.54) is 22.4 Å². The number of rotatable bonds is 6. The lowest BCUT2D eigenvalue weighted by Gasteiger charge is -2.38. The van der Waals surface area contributed by atoms with Gasteiger partial charge < -0.3 is 9.64 Å². The molecule has 0 spiro atoms. The van der Waals surface area contributed by atoms with Crippen molar-refractivity contribution < 1.29 is 4.74 Å². The summed E-state index contributed by atoms with van der Waals surface area (Å²) >= 11 is 0. The Balaban J connectivity index is 1.59. The van der Waals surface area contributed by atoms with Crippen LogP contribution in [0.4, 0.5) is 5.69 Å². The average molecular weight is 343 g/mol. The third-order valence-electron chi connectivity index (χ3n) is 5.20. The van der Waals surface area contributed by atoms with Crippen LogP contribution in [0.1, 0.15) is 23.6 Å². The first-order valence-corrected chi connectivity index (χ1v) is 9.24. The Morgan fingerprint density at radius 1 is 0.731 bits per heavy atom. The van der Waals surface area contributed by atoms with Gasteiger partial charge in [-0.3, -0.25) is 0 Å². The molecule has 1 heterocycles. The molecule has 3 aromatic carbocycles. The van der Waals surface area contributed by atoms with Crippen LogP contribution in [0.3, 0.4) is 0 Å². The first kappa shape index (κ1) is 16.9. The van der Waals surface area contributed by atoms with Crippen LogP contribution in [-0.4, -0.2) is 13.2 Å². The van der Waals surface area contributed by atoms with E-state index in [2.05, 4.69) is 96.8 Å². The summed E-state index contributed by atoms with van der Waals surface area (Å²) in [5.41, 5.74) is 5.46. The maximum absolute atomic E-state index is 5.42. The summed E-state index contributed by atoms with van der Waals surface area (Å²) in [6.07, 6.45) is 0. The first-order valence-electron chi connectivity index (χ1n) is 9.24. The standard InChI is InChI=1S/C24H25NO/c1-24(18-26-19-24)22-12-14-23(15-13-22)25(16-20-8-4-2-5-9-20)17-21-10-6-3-7-11-21/h2-15H,16-19H2,1H3. The Labute approximate surface area is 156 Å². The fraction of sp³-hybridized carbons (Fsp3) is 0.250. The van der Waals surface area contributed by atoms with Crippen LogP contribution in [-0.2, 0) is 23.2 Å². The van der Waals surface area contributed by atoms with Crippen molar-refractivity contribution in [3.63, 3.8) is 0 Å². The smallest absolute Gasteiger partial charge is 0.0582 e. The molecule has 2 heteroatoms. The molecule has 1 fully saturated rings. The predicted molar refractivity (Wildman–Crippen MR) is 107 cm³/mol. The molecular weight excluding hydrogens is 318 g/mol. The van der Waals surface area contributed by atoms with Gasteiger partial charge in [0, 0.05) is 24.2 Å². The van der Waals surface area contributed by atoms with Crippen LogP contribution in [0, 0.1) is 0 Å². The van der Waals surface area contributed by atoms with Gasteiger partial charge in [0.15, 0.2) is 0 Å². The molecule has 0 radical (unpaired) electrons. The van der Waals surface area contributed by atoms with Gasteiger partial charge >= 0.3 is 0 Å². The van der Waals surface area contributed by atoms with E-state index in [0.717, 1.165) is 26.3 Å². The summed E-state index contributed by atoms with van der Waals surface area (Å²) in [4.78, 5) is 2.44. The van der Waals surface area contributed by atoms with Crippen molar-refractivity contribution in [2.24, 2.45) is 0 Å². The highest BCUT2D eigenvalue weighted by atomic mass is 16.5. The van der Waals surface area contributed by atoms with Gasteiger partial charge in [-0.2, -0.15) is 0 Å². The van der Waals surface area contributed by atoms with Gasteiger partial charge in [-0.1, -0.05) is 79.7 Å². The third-order valence-corrected chi connectivity index (χ3v) is 5.20. The lowest BCUT2D eigenvalue weighted by Crippen LogP contribution is -2.43. The zero-order valence-corrected chi connectivity index (χ0v) is 15.3. The molecule has 0 atom stereocenters. The zero-order valence-electron chi connectivity index (χ0n) is 15.3. The van der Waals surface area contributed by atoms with Crippen molar-refractivity contribution in [2.75, 3.05) is 18.1 Å². The van der Waals surface area contributed by atoms with E-state index in [9.17, 15) is 0 Å². The van der Waals surface area contributed by atoms with E-state index < -0.39 is 0 Å². The minimum absolute atomic E-state index is 0.183. The zero-order chi connectivity index (χ0) is 17.8. The fourth-order valence-electron chi connectivity index (χ4n) is 3.50. The van der Waals surface area contributed by atoms with E-state index in [1.54, 1.807) is 0 Å². The molecule has 1 aliphatic rings. The molecule has 1 saturated heterocycles. The monoisotopic (exact) mass is 343 g/mol. The van der Waals surface area contributed by atoms with Crippen molar-refractivity contribution in [1.29, 1.82) is 0 Å². The first-order chi connectivity index (χ1) is 12.7. The van der Waals surface area contributed by atoms with Crippen molar-refractivity contribution in [1.82, 2.24) is 0 Å². The normalized spacial score (nSPS) is 15.3. The molecule has 0 saturated carbocycles. The molecule has 0 amide bonds. The largest absolute Gasteiger partial charge is 0.379 e. The second kappa shape index (κ2) is 7.35. The molecule has 0 aliphatic carbocycles. The number of ether oxygens (including phenoxy) is 1. The van der Waals surface area contributed by atoms with Gasteiger partial charge in [-0.25, -0.2) is 0 Å². The van der Waals surface area contributed by atoms with Crippen LogP contribution in [0.5, 0.6) is 0 Å². The lowest BCUT2D eigenvalue weighted by atomic mass is 9.81. The van der Waals surface area contributed by atoms with E-state index in [1.807, 2.05) is 0 Å². The van der Waals surface area contributed by atoms with Crippen LogP contribution >= 0.6 is 0 Å². The summed E-state index contributed by atoms with van der Waals surface area (Å²) in [5, 5.41) is 0. The minimum atomic E-state index is 0.183. The van der Waals surface area contributed by atoms with Gasteiger partial charge in [0.05, 0.1) is 13.2 Å². The Bertz CT molecular complexity index is 782. The molecule has 0 unspecified atom stereocenters. The van der Waals surface area contributed by atoms with Crippen LogP contribution in [0.15, 0.2) is 84.9 Å². The molecule has 3 aromatic rings. The number of hydrogen-bond acceptors (Lipinski definition) is 2. The molecule has 132 valence electrons. The molecule has 1 aliphatic heterocycles. The van der Waals surface area contributed by atoms with E-state index in [4.69, 9.17) is 4.74 Å². The van der Waals surface area contributed by atoms with Gasteiger partial charge in [-0.15, -0.1) is 0 Å². The Morgan fingerprint density at radius 3 is 1.65 bits per heavy atom. The fourth-order valence-corrected chi connectivity index (χ4v) is 3.50. The summed E-state index contributed by atoms with van der Waals surface area (Å²) in [6.45, 7) is 5.72. The Morgan fingerprint density at radius 2 is 1.23 bits per heavy atom. The maximum atomic E-state index is 5.42. The third kappa shape index (κ3) is 3.66. The van der Waals surface area contributed by atoms with Crippen LogP contribution in [0.25, 0.3) is 0 Å². The highest BCUT2D eigenvalue weighted by Gasteiger charge is 2.35. The van der Waals surface area contributed by atoms with Crippen molar-refractivity contribution >= 4 is 5.69 Å². The highest BCUT2D eigenvalue weighted by Crippen LogP contribution is 2.33. The molecule has 2 nitrogen and oxygen atoms in total. The van der Waals surface area contributed by atoms with Gasteiger partial charge in [0.25, 0.3) is 0 Å². The highest BCUT2D eigenvalue weighted by molar-refractivity contribution is 5.50. The minimum Gasteiger partial charge on any atom is -0.379 e. The second-order valence-corrected chi connectivity index (χ2v) is 7.43. The summed E-state index contributed by atoms with van der Waals surface area (Å²) in [6, 6.07) is 30.4. The van der Waals surface area contributed by atoms with Crippen molar-refractivity contribution in [3.05, 3.63) is 102 Å². The summed E-state index contributed by atoms with van der Waals surface area (Å²) in [5.74, 6) is 0. The number of hydrogen-bond donors (Lipinski definition) is 0. The quantitative estimate of drug-likeness (QED) is 0.611. The Hall–Kier alpha value is -2.58. The maximum Gasteiger partial charge on any atom is 0.0582 e. The van der Waals surface area contributed by atoms with Gasteiger partial charge in [0.2, 0.25) is 0 Å². The summed E-state index contributed by atoms with van der Waals surface area (Å²) < 4.78 is 5.42. The van der Waals surface area contributed by atoms with Crippen molar-refractivity contribution in [2.45, 2.75) is 25.4 Å². The lowest BCUT2D eigenvalue weighted by molar-refractivity contribution is -0.0500. The van der Waals surface area contributed by atoms with E-state index >= 15 is 0 Å². The number of anilines is 1. The molecular formula is C24H25NO. The molecule has 0 N–H and O–H groups in total. The Kier molecular flexibility index (Phi) is 4.77. The number of nitrogens with zero attached hydrogens (tertiary/aromatic N) is 1. The van der Waals surface area contributed by atoms with Crippen LogP contribution in [0.2, 0.25) is 0 Å². The predicted octanol–water partition coefficient (Wildman–Crippen LogP) is 5.18. The molecule has 0 bridgehead atoms. The molecule has 0 aromatic heterocycles. The number of benzene rings is 3. The van der Waals surface area contributed by atoms with Crippen LogP contribution < -0.4 is 4.90 Å². The second-order valence-electron chi connectivity index (χ2n) is 7.43. The summed E-state index contributed by atoms with van der Waals surface area (Å²) in [7, 11) is 0. The average Bonchev–Trinajstić information content (AvgIpc) is 2.67.